The molecule has 0 bridgehead atoms. The highest BCUT2D eigenvalue weighted by Gasteiger charge is 2.34. The van der Waals surface area contributed by atoms with Gasteiger partial charge in [-0.3, -0.25) is 4.79 Å². The summed E-state index contributed by atoms with van der Waals surface area (Å²) >= 11 is 0. The minimum atomic E-state index is -4.54. The van der Waals surface area contributed by atoms with E-state index in [4.69, 9.17) is 0 Å². The number of aromatic nitrogens is 2. The van der Waals surface area contributed by atoms with E-state index >= 15 is 0 Å². The third kappa shape index (κ3) is 2.51. The monoisotopic (exact) mass is 295 g/mol. The van der Waals surface area contributed by atoms with Crippen LogP contribution in [0.15, 0.2) is 30.6 Å². The summed E-state index contributed by atoms with van der Waals surface area (Å²) in [6.07, 6.45) is -0.783. The van der Waals surface area contributed by atoms with Crippen LogP contribution in [-0.4, -0.2) is 22.4 Å². The Morgan fingerprint density at radius 3 is 2.76 bits per heavy atom. The van der Waals surface area contributed by atoms with Crippen molar-refractivity contribution in [2.45, 2.75) is 19.3 Å². The molecule has 0 saturated carbocycles. The zero-order valence-electron chi connectivity index (χ0n) is 11.0. The topological polar surface area (TPSA) is 38.1 Å². The molecule has 1 aliphatic rings. The number of aldehydes is 1. The molecular weight excluding hydrogens is 283 g/mol. The highest BCUT2D eigenvalue weighted by atomic mass is 19.4. The van der Waals surface area contributed by atoms with Crippen molar-refractivity contribution in [2.24, 2.45) is 0 Å². The van der Waals surface area contributed by atoms with Gasteiger partial charge in [-0.05, 0) is 18.2 Å². The van der Waals surface area contributed by atoms with Gasteiger partial charge in [-0.25, -0.2) is 4.98 Å². The van der Waals surface area contributed by atoms with Crippen molar-refractivity contribution in [1.82, 2.24) is 9.55 Å². The van der Waals surface area contributed by atoms with Gasteiger partial charge in [-0.2, -0.15) is 13.2 Å². The van der Waals surface area contributed by atoms with Crippen LogP contribution in [0.25, 0.3) is 0 Å². The first kappa shape index (κ1) is 13.7. The molecule has 1 aliphatic heterocycles. The summed E-state index contributed by atoms with van der Waals surface area (Å²) in [6.45, 7) is 1.72. The zero-order chi connectivity index (χ0) is 15.0. The van der Waals surface area contributed by atoms with E-state index in [2.05, 4.69) is 4.98 Å². The lowest BCUT2D eigenvalue weighted by molar-refractivity contribution is -0.137. The van der Waals surface area contributed by atoms with Crippen LogP contribution in [0, 0.1) is 0 Å². The van der Waals surface area contributed by atoms with E-state index in [1.807, 2.05) is 15.7 Å². The third-order valence-electron chi connectivity index (χ3n) is 3.58. The van der Waals surface area contributed by atoms with Gasteiger partial charge in [0.25, 0.3) is 0 Å². The lowest BCUT2D eigenvalue weighted by Crippen LogP contribution is -2.33. The average Bonchev–Trinajstić information content (AvgIpc) is 2.93. The fourth-order valence-corrected chi connectivity index (χ4v) is 2.48. The molecule has 0 saturated heterocycles. The summed E-state index contributed by atoms with van der Waals surface area (Å²) in [5.41, 5.74) is -0.796. The van der Waals surface area contributed by atoms with Crippen molar-refractivity contribution in [3.05, 3.63) is 47.5 Å². The molecule has 0 unspecified atom stereocenters. The number of imidazole rings is 1. The van der Waals surface area contributed by atoms with E-state index in [0.29, 0.717) is 25.3 Å². The molecule has 0 N–H and O–H groups in total. The first-order chi connectivity index (χ1) is 9.99. The Labute approximate surface area is 118 Å². The SMILES string of the molecule is O=Cc1ccc(N2CCn3ccnc3C2)cc1C(F)(F)F. The number of hydrogen-bond acceptors (Lipinski definition) is 3. The third-order valence-corrected chi connectivity index (χ3v) is 3.58. The Morgan fingerprint density at radius 1 is 1.24 bits per heavy atom. The number of carbonyl (C=O) groups is 1. The molecule has 0 aliphatic carbocycles. The lowest BCUT2D eigenvalue weighted by atomic mass is 10.1. The summed E-state index contributed by atoms with van der Waals surface area (Å²) in [7, 11) is 0. The number of benzene rings is 1. The van der Waals surface area contributed by atoms with Gasteiger partial charge in [0.2, 0.25) is 0 Å². The number of anilines is 1. The molecule has 0 atom stereocenters. The molecule has 1 aromatic heterocycles. The van der Waals surface area contributed by atoms with Crippen molar-refractivity contribution < 1.29 is 18.0 Å². The number of hydrogen-bond donors (Lipinski definition) is 0. The molecule has 2 heterocycles. The van der Waals surface area contributed by atoms with Gasteiger partial charge in [0, 0.05) is 36.7 Å². The van der Waals surface area contributed by atoms with Crippen LogP contribution in [0.1, 0.15) is 21.7 Å². The molecule has 3 rings (SSSR count). The van der Waals surface area contributed by atoms with Gasteiger partial charge >= 0.3 is 6.18 Å². The second-order valence-electron chi connectivity index (χ2n) is 4.85. The number of carbonyl (C=O) groups excluding carboxylic acids is 1. The first-order valence-corrected chi connectivity index (χ1v) is 6.40. The molecule has 0 amide bonds. The first-order valence-electron chi connectivity index (χ1n) is 6.40. The molecule has 4 nitrogen and oxygen atoms in total. The Morgan fingerprint density at radius 2 is 2.05 bits per heavy atom. The summed E-state index contributed by atoms with van der Waals surface area (Å²) in [6, 6.07) is 3.78. The number of halogens is 3. The van der Waals surface area contributed by atoms with Crippen LogP contribution < -0.4 is 4.90 Å². The Hall–Kier alpha value is -2.31. The van der Waals surface area contributed by atoms with Gasteiger partial charge < -0.3 is 9.47 Å². The summed E-state index contributed by atoms with van der Waals surface area (Å²) in [4.78, 5) is 16.8. The van der Waals surface area contributed by atoms with Gasteiger partial charge in [-0.15, -0.1) is 0 Å². The normalized spacial score (nSPS) is 14.9. The summed E-state index contributed by atoms with van der Waals surface area (Å²) in [5.74, 6) is 0.814. The molecule has 7 heteroatoms. The van der Waals surface area contributed by atoms with Crippen molar-refractivity contribution in [3.8, 4) is 0 Å². The van der Waals surface area contributed by atoms with Gasteiger partial charge in [0.1, 0.15) is 5.82 Å². The van der Waals surface area contributed by atoms with E-state index < -0.39 is 11.7 Å². The van der Waals surface area contributed by atoms with Crippen molar-refractivity contribution >= 4 is 12.0 Å². The van der Waals surface area contributed by atoms with Gasteiger partial charge in [0.05, 0.1) is 12.1 Å². The molecular formula is C14H12F3N3O. The summed E-state index contributed by atoms with van der Waals surface area (Å²) < 4.78 is 40.9. The highest BCUT2D eigenvalue weighted by Crippen LogP contribution is 2.34. The van der Waals surface area contributed by atoms with Crippen LogP contribution in [0.4, 0.5) is 18.9 Å². The maximum Gasteiger partial charge on any atom is 0.417 e. The maximum absolute atomic E-state index is 13.0. The van der Waals surface area contributed by atoms with Crippen molar-refractivity contribution in [1.29, 1.82) is 0 Å². The Kier molecular flexibility index (Phi) is 3.19. The fraction of sp³-hybridized carbons (Fsp3) is 0.286. The van der Waals surface area contributed by atoms with E-state index in [0.717, 1.165) is 11.9 Å². The quantitative estimate of drug-likeness (QED) is 0.800. The second-order valence-corrected chi connectivity index (χ2v) is 4.85. The second kappa shape index (κ2) is 4.91. The number of alkyl halides is 3. The lowest BCUT2D eigenvalue weighted by Gasteiger charge is -2.30. The zero-order valence-corrected chi connectivity index (χ0v) is 11.0. The van der Waals surface area contributed by atoms with E-state index in [9.17, 15) is 18.0 Å². The van der Waals surface area contributed by atoms with Gasteiger partial charge in [-0.1, -0.05) is 0 Å². The number of rotatable bonds is 2. The van der Waals surface area contributed by atoms with Crippen LogP contribution in [0.5, 0.6) is 0 Å². The van der Waals surface area contributed by atoms with Crippen LogP contribution >= 0.6 is 0 Å². The van der Waals surface area contributed by atoms with Crippen LogP contribution in [0.2, 0.25) is 0 Å². The van der Waals surface area contributed by atoms with Crippen molar-refractivity contribution in [3.63, 3.8) is 0 Å². The van der Waals surface area contributed by atoms with E-state index in [-0.39, 0.29) is 11.8 Å². The highest BCUT2D eigenvalue weighted by molar-refractivity contribution is 5.79. The number of nitrogens with zero attached hydrogens (tertiary/aromatic N) is 3. The van der Waals surface area contributed by atoms with E-state index in [1.165, 1.54) is 12.1 Å². The molecule has 0 spiro atoms. The minimum absolute atomic E-state index is 0.232. The predicted octanol–water partition coefficient (Wildman–Crippen LogP) is 2.73. The Balaban J connectivity index is 1.95. The molecule has 0 fully saturated rings. The molecule has 2 aromatic rings. The fourth-order valence-electron chi connectivity index (χ4n) is 2.48. The standard InChI is InChI=1S/C14H12F3N3O/c15-14(16,17)12-7-11(2-1-10(12)9-21)20-6-5-19-4-3-18-13(19)8-20/h1-4,7,9H,5-6,8H2. The molecule has 21 heavy (non-hydrogen) atoms. The predicted molar refractivity (Wildman–Crippen MR) is 70.1 cm³/mol. The molecule has 110 valence electrons. The largest absolute Gasteiger partial charge is 0.417 e. The van der Waals surface area contributed by atoms with E-state index in [1.54, 1.807) is 6.20 Å². The average molecular weight is 295 g/mol. The minimum Gasteiger partial charge on any atom is -0.362 e. The van der Waals surface area contributed by atoms with Crippen molar-refractivity contribution in [2.75, 3.05) is 11.4 Å². The molecule has 1 aromatic carbocycles. The Bertz CT molecular complexity index is 678. The number of fused-ring (bicyclic) bond motifs is 1. The molecule has 0 radical (unpaired) electrons. The van der Waals surface area contributed by atoms with Crippen LogP contribution in [0.3, 0.4) is 0 Å². The summed E-state index contributed by atoms with van der Waals surface area (Å²) in [5, 5.41) is 0. The van der Waals surface area contributed by atoms with Gasteiger partial charge in [0.15, 0.2) is 6.29 Å². The smallest absolute Gasteiger partial charge is 0.362 e. The van der Waals surface area contributed by atoms with Crippen LogP contribution in [-0.2, 0) is 19.3 Å². The maximum atomic E-state index is 13.0.